The van der Waals surface area contributed by atoms with E-state index >= 15 is 0 Å². The molecule has 0 unspecified atom stereocenters. The molecule has 110 valence electrons. The van der Waals surface area contributed by atoms with Gasteiger partial charge in [0.25, 0.3) is 0 Å². The fourth-order valence-electron chi connectivity index (χ4n) is 3.47. The summed E-state index contributed by atoms with van der Waals surface area (Å²) in [5.41, 5.74) is 2.22. The molecule has 0 saturated heterocycles. The molecule has 0 saturated carbocycles. The van der Waals surface area contributed by atoms with Crippen LogP contribution in [-0.2, 0) is 14.3 Å². The average Bonchev–Trinajstić information content (AvgIpc) is 2.36. The van der Waals surface area contributed by atoms with Crippen molar-refractivity contribution >= 4 is 11.8 Å². The summed E-state index contributed by atoms with van der Waals surface area (Å²) in [4.78, 5) is 23.4. The van der Waals surface area contributed by atoms with Gasteiger partial charge in [-0.3, -0.25) is 9.59 Å². The topological polar surface area (TPSA) is 43.4 Å². The highest BCUT2D eigenvalue weighted by atomic mass is 16.5. The zero-order valence-corrected chi connectivity index (χ0v) is 12.9. The summed E-state index contributed by atoms with van der Waals surface area (Å²) in [7, 11) is 0. The van der Waals surface area contributed by atoms with E-state index in [1.807, 2.05) is 6.92 Å². The van der Waals surface area contributed by atoms with Crippen LogP contribution >= 0.6 is 0 Å². The van der Waals surface area contributed by atoms with E-state index in [-0.39, 0.29) is 11.2 Å². The molecule has 0 heterocycles. The van der Waals surface area contributed by atoms with Crippen LogP contribution in [0.2, 0.25) is 0 Å². The largest absolute Gasteiger partial charge is 0.450 e. The molecule has 20 heavy (non-hydrogen) atoms. The van der Waals surface area contributed by atoms with Gasteiger partial charge in [0.05, 0.1) is 0 Å². The second kappa shape index (κ2) is 5.55. The molecular formula is C17H24O3. The first-order valence-corrected chi connectivity index (χ1v) is 7.43. The normalized spacial score (nSPS) is 36.9. The lowest BCUT2D eigenvalue weighted by Gasteiger charge is -2.41. The van der Waals surface area contributed by atoms with E-state index in [0.717, 1.165) is 24.8 Å². The molecule has 0 spiro atoms. The number of hydrogen-bond donors (Lipinski definition) is 0. The predicted molar refractivity (Wildman–Crippen MR) is 78.1 cm³/mol. The molecule has 0 aromatic heterocycles. The van der Waals surface area contributed by atoms with Gasteiger partial charge in [-0.1, -0.05) is 31.6 Å². The van der Waals surface area contributed by atoms with E-state index in [0.29, 0.717) is 12.3 Å². The molecule has 3 nitrogen and oxygen atoms in total. The second-order valence-corrected chi connectivity index (χ2v) is 6.33. The van der Waals surface area contributed by atoms with E-state index in [2.05, 4.69) is 26.0 Å². The predicted octanol–water partition coefficient (Wildman–Crippen LogP) is 3.59. The SMILES string of the molecule is CC(=O)O[C@@H]1C(=O)CCC2=CCC[C@H](C)[C@@]2(C)/C=C\1C. The molecule has 0 N–H and O–H groups in total. The summed E-state index contributed by atoms with van der Waals surface area (Å²) >= 11 is 0. The first-order chi connectivity index (χ1) is 9.34. The molecule has 0 aromatic rings. The van der Waals surface area contributed by atoms with Crippen molar-refractivity contribution in [3.05, 3.63) is 23.3 Å². The lowest BCUT2D eigenvalue weighted by molar-refractivity contribution is -0.150. The highest BCUT2D eigenvalue weighted by Crippen LogP contribution is 2.47. The number of allylic oxidation sites excluding steroid dienone is 3. The summed E-state index contributed by atoms with van der Waals surface area (Å²) in [6.07, 6.45) is 7.26. The Morgan fingerprint density at radius 2 is 2.10 bits per heavy atom. The number of ether oxygens (including phenoxy) is 1. The van der Waals surface area contributed by atoms with E-state index in [1.165, 1.54) is 12.5 Å². The minimum absolute atomic E-state index is 0.00938. The Balaban J connectivity index is 2.42. The van der Waals surface area contributed by atoms with Crippen LogP contribution in [0, 0.1) is 11.3 Å². The number of carbonyl (C=O) groups excluding carboxylic acids is 2. The maximum Gasteiger partial charge on any atom is 0.303 e. The zero-order chi connectivity index (χ0) is 14.9. The molecule has 3 heteroatoms. The van der Waals surface area contributed by atoms with Gasteiger partial charge in [0.2, 0.25) is 0 Å². The summed E-state index contributed by atoms with van der Waals surface area (Å²) in [5, 5.41) is 0. The van der Waals surface area contributed by atoms with E-state index in [9.17, 15) is 9.59 Å². The van der Waals surface area contributed by atoms with Gasteiger partial charge in [-0.15, -0.1) is 0 Å². The lowest BCUT2D eigenvalue weighted by atomic mass is 9.64. The maximum absolute atomic E-state index is 12.2. The molecule has 2 rings (SSSR count). The summed E-state index contributed by atoms with van der Waals surface area (Å²) in [6, 6.07) is 0. The quantitative estimate of drug-likeness (QED) is 0.543. The molecule has 0 aromatic carbocycles. The maximum atomic E-state index is 12.2. The van der Waals surface area contributed by atoms with Gasteiger partial charge in [0, 0.05) is 18.8 Å². The van der Waals surface area contributed by atoms with Gasteiger partial charge in [0.15, 0.2) is 11.9 Å². The first-order valence-electron chi connectivity index (χ1n) is 7.43. The average molecular weight is 276 g/mol. The number of hydrogen-bond acceptors (Lipinski definition) is 3. The Morgan fingerprint density at radius 1 is 1.40 bits per heavy atom. The number of fused-ring (bicyclic) bond motifs is 1. The number of ketones is 1. The van der Waals surface area contributed by atoms with Gasteiger partial charge < -0.3 is 4.74 Å². The number of esters is 1. The number of Topliss-reactive ketones (excluding diaryl/α,β-unsaturated/α-hetero) is 1. The fraction of sp³-hybridized carbons (Fsp3) is 0.647. The van der Waals surface area contributed by atoms with Gasteiger partial charge in [-0.25, -0.2) is 0 Å². The standard InChI is InChI=1S/C17H24O3/c1-11-10-17(4)12(2)6-5-7-14(17)8-9-15(19)16(11)20-13(3)18/h7,10,12,16H,5-6,8-9H2,1-4H3/b11-10-/t12-,16-,17+/m0/s1. The number of carbonyl (C=O) groups is 2. The van der Waals surface area contributed by atoms with Crippen LogP contribution in [0.3, 0.4) is 0 Å². The Bertz CT molecular complexity index is 486. The minimum atomic E-state index is -0.694. The molecule has 0 bridgehead atoms. The highest BCUT2D eigenvalue weighted by molar-refractivity contribution is 5.88. The smallest absolute Gasteiger partial charge is 0.303 e. The minimum Gasteiger partial charge on any atom is -0.450 e. The summed E-state index contributed by atoms with van der Waals surface area (Å²) in [6.45, 7) is 7.77. The van der Waals surface area contributed by atoms with Crippen molar-refractivity contribution in [2.75, 3.05) is 0 Å². The van der Waals surface area contributed by atoms with Crippen LogP contribution in [0.5, 0.6) is 0 Å². The Kier molecular flexibility index (Phi) is 4.17. The summed E-state index contributed by atoms with van der Waals surface area (Å²) in [5.74, 6) is 0.160. The molecule has 2 aliphatic carbocycles. The number of rotatable bonds is 1. The van der Waals surface area contributed by atoms with E-state index in [4.69, 9.17) is 4.74 Å². The van der Waals surface area contributed by atoms with Crippen molar-refractivity contribution in [3.8, 4) is 0 Å². The molecule has 0 amide bonds. The Labute approximate surface area is 121 Å². The Hall–Kier alpha value is -1.38. The highest BCUT2D eigenvalue weighted by Gasteiger charge is 2.38. The zero-order valence-electron chi connectivity index (χ0n) is 12.9. The third-order valence-electron chi connectivity index (χ3n) is 4.86. The third-order valence-corrected chi connectivity index (χ3v) is 4.86. The van der Waals surface area contributed by atoms with Crippen LogP contribution in [0.15, 0.2) is 23.3 Å². The van der Waals surface area contributed by atoms with Crippen LogP contribution in [0.25, 0.3) is 0 Å². The fourth-order valence-corrected chi connectivity index (χ4v) is 3.47. The molecule has 3 atom stereocenters. The first kappa shape index (κ1) is 15.0. The van der Waals surface area contributed by atoms with Crippen molar-refractivity contribution < 1.29 is 14.3 Å². The van der Waals surface area contributed by atoms with Crippen molar-refractivity contribution in [3.63, 3.8) is 0 Å². The van der Waals surface area contributed by atoms with E-state index < -0.39 is 12.1 Å². The second-order valence-electron chi connectivity index (χ2n) is 6.33. The van der Waals surface area contributed by atoms with Crippen molar-refractivity contribution in [1.29, 1.82) is 0 Å². The van der Waals surface area contributed by atoms with Crippen molar-refractivity contribution in [2.24, 2.45) is 11.3 Å². The lowest BCUT2D eigenvalue weighted by Crippen LogP contribution is -2.35. The van der Waals surface area contributed by atoms with Crippen molar-refractivity contribution in [1.82, 2.24) is 0 Å². The van der Waals surface area contributed by atoms with Crippen LogP contribution in [-0.4, -0.2) is 17.9 Å². The van der Waals surface area contributed by atoms with E-state index in [1.54, 1.807) is 0 Å². The summed E-state index contributed by atoms with van der Waals surface area (Å²) < 4.78 is 5.24. The third kappa shape index (κ3) is 2.72. The van der Waals surface area contributed by atoms with Crippen LogP contribution < -0.4 is 0 Å². The van der Waals surface area contributed by atoms with Gasteiger partial charge in [0.1, 0.15) is 0 Å². The van der Waals surface area contributed by atoms with Gasteiger partial charge in [-0.2, -0.15) is 0 Å². The molecule has 0 fully saturated rings. The van der Waals surface area contributed by atoms with Crippen LogP contribution in [0.1, 0.15) is 53.4 Å². The van der Waals surface area contributed by atoms with Gasteiger partial charge in [-0.05, 0) is 37.7 Å². The monoisotopic (exact) mass is 276 g/mol. The molecule has 2 aliphatic rings. The molecule has 0 radical (unpaired) electrons. The molecular weight excluding hydrogens is 252 g/mol. The molecule has 0 aliphatic heterocycles. The van der Waals surface area contributed by atoms with Gasteiger partial charge >= 0.3 is 5.97 Å². The Morgan fingerprint density at radius 3 is 2.75 bits per heavy atom. The van der Waals surface area contributed by atoms with Crippen LogP contribution in [0.4, 0.5) is 0 Å². The van der Waals surface area contributed by atoms with Crippen molar-refractivity contribution in [2.45, 2.75) is 59.5 Å².